The quantitative estimate of drug-likeness (QED) is 0.683. The van der Waals surface area contributed by atoms with Crippen LogP contribution in [0, 0.1) is 11.3 Å². The van der Waals surface area contributed by atoms with E-state index in [-0.39, 0.29) is 23.7 Å². The van der Waals surface area contributed by atoms with Crippen LogP contribution >= 0.6 is 0 Å². The highest BCUT2D eigenvalue weighted by Crippen LogP contribution is 2.15. The third-order valence-electron chi connectivity index (χ3n) is 2.85. The number of ketones is 1. The van der Waals surface area contributed by atoms with Crippen molar-refractivity contribution in [1.82, 2.24) is 5.32 Å². The molecule has 0 aliphatic rings. The average molecular weight is 256 g/mol. The summed E-state index contributed by atoms with van der Waals surface area (Å²) >= 11 is 0. The van der Waals surface area contributed by atoms with Gasteiger partial charge in [-0.25, -0.2) is 0 Å². The van der Waals surface area contributed by atoms with Crippen LogP contribution in [-0.4, -0.2) is 24.3 Å². The topological polar surface area (TPSA) is 72.2 Å². The summed E-state index contributed by atoms with van der Waals surface area (Å²) < 4.78 is 0. The Hall–Kier alpha value is -0.900. The van der Waals surface area contributed by atoms with E-state index in [1.54, 1.807) is 0 Å². The van der Waals surface area contributed by atoms with E-state index in [2.05, 4.69) is 5.32 Å². The molecular formula is C14H28N2O2. The fourth-order valence-corrected chi connectivity index (χ4v) is 1.56. The highest BCUT2D eigenvalue weighted by atomic mass is 16.2. The summed E-state index contributed by atoms with van der Waals surface area (Å²) in [6.07, 6.45) is 2.42. The number of rotatable bonds is 7. The number of hydrogen-bond acceptors (Lipinski definition) is 3. The van der Waals surface area contributed by atoms with Gasteiger partial charge >= 0.3 is 0 Å². The van der Waals surface area contributed by atoms with Gasteiger partial charge in [-0.3, -0.25) is 9.59 Å². The molecule has 0 aromatic rings. The van der Waals surface area contributed by atoms with Crippen LogP contribution in [0.2, 0.25) is 0 Å². The van der Waals surface area contributed by atoms with Gasteiger partial charge in [0.15, 0.2) is 5.78 Å². The Kier molecular flexibility index (Phi) is 7.14. The molecule has 0 aliphatic heterocycles. The lowest BCUT2D eigenvalue weighted by Gasteiger charge is -2.24. The van der Waals surface area contributed by atoms with Crippen LogP contribution in [0.3, 0.4) is 0 Å². The van der Waals surface area contributed by atoms with Gasteiger partial charge in [0.1, 0.15) is 0 Å². The first-order valence-corrected chi connectivity index (χ1v) is 6.75. The van der Waals surface area contributed by atoms with Crippen molar-refractivity contribution in [3.8, 4) is 0 Å². The Labute approximate surface area is 111 Å². The van der Waals surface area contributed by atoms with Gasteiger partial charge < -0.3 is 11.1 Å². The Morgan fingerprint density at radius 1 is 1.17 bits per heavy atom. The number of hydrogen-bond donors (Lipinski definition) is 2. The summed E-state index contributed by atoms with van der Waals surface area (Å²) in [7, 11) is 0. The predicted octanol–water partition coefficient (Wildman–Crippen LogP) is 1.87. The average Bonchev–Trinajstić information content (AvgIpc) is 2.25. The number of unbranched alkanes of at least 4 members (excludes halogenated alkanes) is 1. The van der Waals surface area contributed by atoms with Gasteiger partial charge in [-0.05, 0) is 25.8 Å². The van der Waals surface area contributed by atoms with Crippen LogP contribution in [0.25, 0.3) is 0 Å². The standard InChI is InChI=1S/C14H28N2O2/c1-10(2)12(17)11(8-6-7-9-15)16-13(18)14(3,4)5/h10-11H,6-9,15H2,1-5H3,(H,16,18). The summed E-state index contributed by atoms with van der Waals surface area (Å²) in [4.78, 5) is 24.0. The molecule has 0 bridgehead atoms. The van der Waals surface area contributed by atoms with Crippen LogP contribution in [-0.2, 0) is 9.59 Å². The van der Waals surface area contributed by atoms with Gasteiger partial charge in [0.2, 0.25) is 5.91 Å². The smallest absolute Gasteiger partial charge is 0.225 e. The van der Waals surface area contributed by atoms with Crippen LogP contribution in [0.15, 0.2) is 0 Å². The molecule has 0 heterocycles. The minimum absolute atomic E-state index is 0.0619. The molecule has 1 atom stereocenters. The van der Waals surface area contributed by atoms with E-state index in [0.717, 1.165) is 12.8 Å². The van der Waals surface area contributed by atoms with Crippen molar-refractivity contribution in [1.29, 1.82) is 0 Å². The van der Waals surface area contributed by atoms with Crippen LogP contribution in [0.4, 0.5) is 0 Å². The first-order valence-electron chi connectivity index (χ1n) is 6.75. The number of nitrogens with two attached hydrogens (primary N) is 1. The highest BCUT2D eigenvalue weighted by Gasteiger charge is 2.28. The Bertz CT molecular complexity index is 280. The van der Waals surface area contributed by atoms with Gasteiger partial charge in [-0.15, -0.1) is 0 Å². The second-order valence-electron chi connectivity index (χ2n) is 6.12. The Morgan fingerprint density at radius 2 is 1.72 bits per heavy atom. The molecule has 0 fully saturated rings. The molecular weight excluding hydrogens is 228 g/mol. The molecule has 3 N–H and O–H groups in total. The van der Waals surface area contributed by atoms with Gasteiger partial charge in [-0.2, -0.15) is 0 Å². The van der Waals surface area contributed by atoms with E-state index in [0.29, 0.717) is 13.0 Å². The number of carbonyl (C=O) groups is 2. The summed E-state index contributed by atoms with van der Waals surface area (Å²) in [5.74, 6) is -0.0352. The molecule has 0 aromatic carbocycles. The van der Waals surface area contributed by atoms with E-state index < -0.39 is 5.41 Å². The zero-order valence-electron chi connectivity index (χ0n) is 12.4. The zero-order chi connectivity index (χ0) is 14.3. The Balaban J connectivity index is 4.57. The fourth-order valence-electron chi connectivity index (χ4n) is 1.56. The lowest BCUT2D eigenvalue weighted by Crippen LogP contribution is -2.47. The molecule has 4 nitrogen and oxygen atoms in total. The molecule has 0 aromatic heterocycles. The zero-order valence-corrected chi connectivity index (χ0v) is 12.4. The summed E-state index contributed by atoms with van der Waals surface area (Å²) in [6, 6.07) is -0.372. The second-order valence-corrected chi connectivity index (χ2v) is 6.12. The third kappa shape index (κ3) is 6.15. The van der Waals surface area contributed by atoms with Gasteiger partial charge in [0, 0.05) is 11.3 Å². The largest absolute Gasteiger partial charge is 0.346 e. The van der Waals surface area contributed by atoms with Gasteiger partial charge in [0.25, 0.3) is 0 Å². The number of amides is 1. The van der Waals surface area contributed by atoms with Gasteiger partial charge in [-0.1, -0.05) is 34.6 Å². The van der Waals surface area contributed by atoms with Crippen molar-refractivity contribution >= 4 is 11.7 Å². The van der Waals surface area contributed by atoms with Crippen molar-refractivity contribution in [2.24, 2.45) is 17.1 Å². The van der Waals surface area contributed by atoms with Crippen LogP contribution in [0.5, 0.6) is 0 Å². The van der Waals surface area contributed by atoms with Crippen molar-refractivity contribution in [2.75, 3.05) is 6.54 Å². The van der Waals surface area contributed by atoms with E-state index in [4.69, 9.17) is 5.73 Å². The number of carbonyl (C=O) groups excluding carboxylic acids is 2. The molecule has 106 valence electrons. The minimum atomic E-state index is -0.469. The molecule has 0 rings (SSSR count). The molecule has 1 unspecified atom stereocenters. The van der Waals surface area contributed by atoms with E-state index in [1.807, 2.05) is 34.6 Å². The highest BCUT2D eigenvalue weighted by molar-refractivity contribution is 5.91. The van der Waals surface area contributed by atoms with Crippen LogP contribution in [0.1, 0.15) is 53.9 Å². The third-order valence-corrected chi connectivity index (χ3v) is 2.85. The van der Waals surface area contributed by atoms with Gasteiger partial charge in [0.05, 0.1) is 6.04 Å². The van der Waals surface area contributed by atoms with Crippen molar-refractivity contribution < 1.29 is 9.59 Å². The molecule has 0 aliphatic carbocycles. The monoisotopic (exact) mass is 256 g/mol. The Morgan fingerprint density at radius 3 is 2.11 bits per heavy atom. The maximum Gasteiger partial charge on any atom is 0.225 e. The van der Waals surface area contributed by atoms with E-state index in [9.17, 15) is 9.59 Å². The fraction of sp³-hybridized carbons (Fsp3) is 0.857. The van der Waals surface area contributed by atoms with Crippen molar-refractivity contribution in [3.05, 3.63) is 0 Å². The molecule has 1 amide bonds. The molecule has 0 radical (unpaired) electrons. The summed E-state index contributed by atoms with van der Waals surface area (Å²) in [5.41, 5.74) is 4.98. The van der Waals surface area contributed by atoms with Crippen LogP contribution < -0.4 is 11.1 Å². The second kappa shape index (κ2) is 7.52. The molecule has 18 heavy (non-hydrogen) atoms. The first kappa shape index (κ1) is 17.1. The molecule has 0 saturated carbocycles. The lowest BCUT2D eigenvalue weighted by molar-refractivity contribution is -0.133. The van der Waals surface area contributed by atoms with Crippen molar-refractivity contribution in [3.63, 3.8) is 0 Å². The normalized spacial score (nSPS) is 13.5. The minimum Gasteiger partial charge on any atom is -0.346 e. The lowest BCUT2D eigenvalue weighted by atomic mass is 9.92. The summed E-state index contributed by atoms with van der Waals surface area (Å²) in [5, 5.41) is 2.87. The first-order chi connectivity index (χ1) is 8.20. The number of Topliss-reactive ketones (excluding diaryl/α,β-unsaturated/α-hetero) is 1. The maximum atomic E-state index is 12.1. The molecule has 0 spiro atoms. The predicted molar refractivity (Wildman–Crippen MR) is 74.1 cm³/mol. The summed E-state index contributed by atoms with van der Waals surface area (Å²) in [6.45, 7) is 9.89. The van der Waals surface area contributed by atoms with E-state index >= 15 is 0 Å². The van der Waals surface area contributed by atoms with Crippen molar-refractivity contribution in [2.45, 2.75) is 59.9 Å². The molecule has 0 saturated heterocycles. The number of nitrogens with one attached hydrogen (secondary N) is 1. The maximum absolute atomic E-state index is 12.1. The SMILES string of the molecule is CC(C)C(=O)C(CCCCN)NC(=O)C(C)(C)C. The van der Waals surface area contributed by atoms with E-state index in [1.165, 1.54) is 0 Å². The molecule has 4 heteroatoms.